The molecule has 1 heterocycles. The van der Waals surface area contributed by atoms with Gasteiger partial charge in [0, 0.05) is 23.4 Å². The number of rotatable bonds is 1. The Labute approximate surface area is 119 Å². The first-order chi connectivity index (χ1) is 9.54. The molecule has 0 spiro atoms. The van der Waals surface area contributed by atoms with Crippen LogP contribution in [0.1, 0.15) is 0 Å². The second-order valence-electron chi connectivity index (χ2n) is 4.39. The van der Waals surface area contributed by atoms with Crippen LogP contribution in [-0.4, -0.2) is 5.11 Å². The third kappa shape index (κ3) is 2.10. The molecule has 0 radical (unpaired) electrons. The van der Waals surface area contributed by atoms with Crippen molar-refractivity contribution in [2.45, 2.75) is 0 Å². The van der Waals surface area contributed by atoms with Crippen molar-refractivity contribution in [1.29, 1.82) is 0 Å². The van der Waals surface area contributed by atoms with Crippen molar-refractivity contribution in [2.24, 2.45) is 0 Å². The van der Waals surface area contributed by atoms with Crippen LogP contribution in [0.5, 0.6) is 5.75 Å². The quantitative estimate of drug-likeness (QED) is 0.673. The minimum absolute atomic E-state index is 0.0289. The average molecular weight is 288 g/mol. The van der Waals surface area contributed by atoms with Gasteiger partial charge >= 0.3 is 0 Å². The average Bonchev–Trinajstić information content (AvgIpc) is 2.37. The fourth-order valence-electron chi connectivity index (χ4n) is 2.01. The number of phenols is 1. The zero-order chi connectivity index (χ0) is 14.3. The Kier molecular flexibility index (Phi) is 2.88. The second kappa shape index (κ2) is 4.58. The van der Waals surface area contributed by atoms with Gasteiger partial charge in [0.05, 0.1) is 10.4 Å². The molecule has 20 heavy (non-hydrogen) atoms. The fraction of sp³-hybridized carbons (Fsp3) is 0. The Balaban J connectivity index is 2.29. The third-order valence-corrected chi connectivity index (χ3v) is 3.28. The number of aromatic hydroxyl groups is 1. The monoisotopic (exact) mass is 287 g/mol. The van der Waals surface area contributed by atoms with Gasteiger partial charge in [0.15, 0.2) is 5.43 Å². The van der Waals surface area contributed by atoms with Crippen LogP contribution in [0.15, 0.2) is 51.7 Å². The van der Waals surface area contributed by atoms with E-state index in [0.717, 1.165) is 0 Å². The predicted molar refractivity (Wildman–Crippen MR) is 79.0 cm³/mol. The van der Waals surface area contributed by atoms with Crippen molar-refractivity contribution in [3.05, 3.63) is 57.7 Å². The van der Waals surface area contributed by atoms with Gasteiger partial charge in [-0.15, -0.1) is 0 Å². The molecule has 0 aliphatic carbocycles. The molecule has 0 unspecified atom stereocenters. The highest BCUT2D eigenvalue weighted by molar-refractivity contribution is 6.33. The van der Waals surface area contributed by atoms with E-state index < -0.39 is 0 Å². The van der Waals surface area contributed by atoms with Gasteiger partial charge in [-0.2, -0.15) is 0 Å². The standard InChI is InChI=1S/C15H10ClNO3/c16-12-5-8(17)1-3-10(12)15-7-13(19)11-4-2-9(18)6-14(11)20-15/h1-7,18H,17H2. The lowest BCUT2D eigenvalue weighted by Gasteiger charge is -2.06. The van der Waals surface area contributed by atoms with Crippen molar-refractivity contribution in [3.63, 3.8) is 0 Å². The SMILES string of the molecule is Nc1ccc(-c2cc(=O)c3ccc(O)cc3o2)c(Cl)c1. The topological polar surface area (TPSA) is 76.5 Å². The van der Waals surface area contributed by atoms with Crippen LogP contribution in [0.25, 0.3) is 22.3 Å². The highest BCUT2D eigenvalue weighted by Gasteiger charge is 2.10. The molecule has 0 aliphatic heterocycles. The highest BCUT2D eigenvalue weighted by atomic mass is 35.5. The van der Waals surface area contributed by atoms with Gasteiger partial charge in [-0.25, -0.2) is 0 Å². The number of anilines is 1. The molecule has 5 heteroatoms. The first kappa shape index (κ1) is 12.6. The van der Waals surface area contributed by atoms with Crippen molar-refractivity contribution in [3.8, 4) is 17.1 Å². The zero-order valence-corrected chi connectivity index (χ0v) is 11.0. The van der Waals surface area contributed by atoms with Crippen molar-refractivity contribution < 1.29 is 9.52 Å². The zero-order valence-electron chi connectivity index (χ0n) is 10.3. The maximum absolute atomic E-state index is 12.1. The van der Waals surface area contributed by atoms with Crippen LogP contribution < -0.4 is 11.2 Å². The molecule has 0 fully saturated rings. The molecular formula is C15H10ClNO3. The lowest BCUT2D eigenvalue weighted by molar-refractivity contribution is 0.474. The summed E-state index contributed by atoms with van der Waals surface area (Å²) in [6.45, 7) is 0. The maximum atomic E-state index is 12.1. The van der Waals surface area contributed by atoms with E-state index in [4.69, 9.17) is 21.8 Å². The summed E-state index contributed by atoms with van der Waals surface area (Å²) in [5, 5.41) is 10.3. The van der Waals surface area contributed by atoms with Crippen LogP contribution >= 0.6 is 11.6 Å². The lowest BCUT2D eigenvalue weighted by Crippen LogP contribution is -2.00. The second-order valence-corrected chi connectivity index (χ2v) is 4.80. The first-order valence-corrected chi connectivity index (χ1v) is 6.25. The molecule has 2 aromatic carbocycles. The smallest absolute Gasteiger partial charge is 0.193 e. The van der Waals surface area contributed by atoms with Gasteiger partial charge in [0.25, 0.3) is 0 Å². The summed E-state index contributed by atoms with van der Waals surface area (Å²) < 4.78 is 5.64. The number of hydrogen-bond acceptors (Lipinski definition) is 4. The summed E-state index contributed by atoms with van der Waals surface area (Å²) in [5.41, 5.74) is 6.84. The van der Waals surface area contributed by atoms with Gasteiger partial charge in [-0.05, 0) is 30.3 Å². The Hall–Kier alpha value is -2.46. The number of fused-ring (bicyclic) bond motifs is 1. The molecule has 3 rings (SSSR count). The molecule has 3 aromatic rings. The largest absolute Gasteiger partial charge is 0.508 e. The first-order valence-electron chi connectivity index (χ1n) is 5.87. The number of halogens is 1. The Morgan fingerprint density at radius 3 is 2.65 bits per heavy atom. The van der Waals surface area contributed by atoms with Crippen molar-refractivity contribution in [2.75, 3.05) is 5.73 Å². The van der Waals surface area contributed by atoms with E-state index >= 15 is 0 Å². The summed E-state index contributed by atoms with van der Waals surface area (Å²) in [5.74, 6) is 0.360. The van der Waals surface area contributed by atoms with E-state index in [9.17, 15) is 9.90 Å². The molecule has 0 amide bonds. The van der Waals surface area contributed by atoms with Gasteiger partial charge in [-0.1, -0.05) is 11.6 Å². The lowest BCUT2D eigenvalue weighted by atomic mass is 10.1. The minimum Gasteiger partial charge on any atom is -0.508 e. The van der Waals surface area contributed by atoms with E-state index in [1.165, 1.54) is 24.3 Å². The normalized spacial score (nSPS) is 10.8. The number of nitrogens with two attached hydrogens (primary N) is 1. The molecule has 0 saturated carbocycles. The fourth-order valence-corrected chi connectivity index (χ4v) is 2.29. The molecular weight excluding hydrogens is 278 g/mol. The van der Waals surface area contributed by atoms with Gasteiger partial charge in [-0.3, -0.25) is 4.79 Å². The highest BCUT2D eigenvalue weighted by Crippen LogP contribution is 2.31. The van der Waals surface area contributed by atoms with Gasteiger partial charge in [0.1, 0.15) is 17.1 Å². The molecule has 0 atom stereocenters. The van der Waals surface area contributed by atoms with Crippen molar-refractivity contribution in [1.82, 2.24) is 0 Å². The van der Waals surface area contributed by atoms with E-state index in [2.05, 4.69) is 0 Å². The van der Waals surface area contributed by atoms with E-state index in [-0.39, 0.29) is 11.2 Å². The van der Waals surface area contributed by atoms with Gasteiger partial charge in [0.2, 0.25) is 0 Å². The van der Waals surface area contributed by atoms with Crippen LogP contribution in [0.3, 0.4) is 0 Å². The molecule has 1 aromatic heterocycles. The van der Waals surface area contributed by atoms with Gasteiger partial charge < -0.3 is 15.3 Å². The van der Waals surface area contributed by atoms with E-state index in [1.54, 1.807) is 18.2 Å². The van der Waals surface area contributed by atoms with Crippen LogP contribution in [0, 0.1) is 0 Å². The molecule has 4 nitrogen and oxygen atoms in total. The molecule has 3 N–H and O–H groups in total. The van der Waals surface area contributed by atoms with Crippen LogP contribution in [-0.2, 0) is 0 Å². The van der Waals surface area contributed by atoms with Crippen LogP contribution in [0.2, 0.25) is 5.02 Å². The molecule has 0 aliphatic rings. The summed E-state index contributed by atoms with van der Waals surface area (Å²) in [4.78, 5) is 12.1. The Bertz CT molecular complexity index is 871. The number of hydrogen-bond donors (Lipinski definition) is 2. The Morgan fingerprint density at radius 2 is 1.90 bits per heavy atom. The Morgan fingerprint density at radius 1 is 1.10 bits per heavy atom. The molecule has 100 valence electrons. The predicted octanol–water partition coefficient (Wildman–Crippen LogP) is 3.40. The summed E-state index contributed by atoms with van der Waals surface area (Å²) in [6, 6.07) is 10.7. The molecule has 0 saturated heterocycles. The summed E-state index contributed by atoms with van der Waals surface area (Å²) in [7, 11) is 0. The number of nitrogen functional groups attached to an aromatic ring is 1. The number of benzene rings is 2. The molecule has 0 bridgehead atoms. The van der Waals surface area contributed by atoms with E-state index in [0.29, 0.717) is 33.0 Å². The van der Waals surface area contributed by atoms with Crippen LogP contribution in [0.4, 0.5) is 5.69 Å². The van der Waals surface area contributed by atoms with Crippen molar-refractivity contribution >= 4 is 28.3 Å². The summed E-state index contributed by atoms with van der Waals surface area (Å²) >= 11 is 6.11. The third-order valence-electron chi connectivity index (χ3n) is 2.97. The summed E-state index contributed by atoms with van der Waals surface area (Å²) in [6.07, 6.45) is 0. The minimum atomic E-state index is -0.200. The number of phenolic OH excluding ortho intramolecular Hbond substituents is 1. The maximum Gasteiger partial charge on any atom is 0.193 e. The van der Waals surface area contributed by atoms with E-state index in [1.807, 2.05) is 0 Å².